The summed E-state index contributed by atoms with van der Waals surface area (Å²) < 4.78 is 5.56. The molecule has 31 heavy (non-hydrogen) atoms. The second kappa shape index (κ2) is 10.6. The second-order valence-corrected chi connectivity index (χ2v) is 9.60. The van der Waals surface area contributed by atoms with Crippen LogP contribution in [0.4, 0.5) is 5.69 Å². The summed E-state index contributed by atoms with van der Waals surface area (Å²) in [5, 5.41) is 2.93. The van der Waals surface area contributed by atoms with Gasteiger partial charge in [0.25, 0.3) is 5.91 Å². The first-order chi connectivity index (χ1) is 14.8. The van der Waals surface area contributed by atoms with Crippen LogP contribution in [0.5, 0.6) is 0 Å². The van der Waals surface area contributed by atoms with Crippen LogP contribution in [0.15, 0.2) is 48.5 Å². The molecule has 1 N–H and O–H groups in total. The molecule has 3 rings (SSSR count). The van der Waals surface area contributed by atoms with Crippen LogP contribution in [0.25, 0.3) is 0 Å². The number of esters is 1. The van der Waals surface area contributed by atoms with Crippen molar-refractivity contribution in [3.05, 3.63) is 65.2 Å². The summed E-state index contributed by atoms with van der Waals surface area (Å²) in [5.41, 5.74) is 1.98. The molecule has 0 heterocycles. The van der Waals surface area contributed by atoms with Crippen LogP contribution in [0.3, 0.4) is 0 Å². The van der Waals surface area contributed by atoms with Crippen LogP contribution in [-0.4, -0.2) is 17.5 Å². The highest BCUT2D eigenvalue weighted by atomic mass is 16.6. The lowest BCUT2D eigenvalue weighted by atomic mass is 9.85. The maximum absolute atomic E-state index is 12.8. The first-order valence-corrected chi connectivity index (χ1v) is 11.5. The van der Waals surface area contributed by atoms with Gasteiger partial charge in [-0.1, -0.05) is 62.8 Å². The summed E-state index contributed by atoms with van der Waals surface area (Å²) >= 11 is 0. The smallest absolute Gasteiger partial charge is 0.340 e. The maximum atomic E-state index is 12.8. The zero-order valence-corrected chi connectivity index (χ0v) is 19.1. The van der Waals surface area contributed by atoms with Crippen LogP contribution in [0.1, 0.15) is 92.0 Å². The van der Waals surface area contributed by atoms with Crippen molar-refractivity contribution in [3.8, 4) is 0 Å². The van der Waals surface area contributed by atoms with Gasteiger partial charge in [0.15, 0.2) is 0 Å². The van der Waals surface area contributed by atoms with Gasteiger partial charge in [-0.05, 0) is 69.4 Å². The van der Waals surface area contributed by atoms with Gasteiger partial charge in [-0.25, -0.2) is 4.79 Å². The molecule has 1 aliphatic carbocycles. The van der Waals surface area contributed by atoms with Crippen molar-refractivity contribution < 1.29 is 14.3 Å². The fourth-order valence-corrected chi connectivity index (χ4v) is 4.22. The molecular weight excluding hydrogens is 386 g/mol. The average molecular weight is 422 g/mol. The number of hydrogen-bond donors (Lipinski definition) is 1. The lowest BCUT2D eigenvalue weighted by Crippen LogP contribution is -2.25. The van der Waals surface area contributed by atoms with Crippen molar-refractivity contribution in [2.75, 3.05) is 5.32 Å². The predicted octanol–water partition coefficient (Wildman–Crippen LogP) is 6.80. The van der Waals surface area contributed by atoms with E-state index in [1.165, 1.54) is 38.5 Å². The van der Waals surface area contributed by atoms with Gasteiger partial charge in [-0.15, -0.1) is 0 Å². The van der Waals surface area contributed by atoms with Crippen LogP contribution >= 0.6 is 0 Å². The third-order valence-corrected chi connectivity index (χ3v) is 5.79. The fourth-order valence-electron chi connectivity index (χ4n) is 4.22. The average Bonchev–Trinajstić information content (AvgIpc) is 2.74. The molecule has 0 unspecified atom stereocenters. The first-order valence-electron chi connectivity index (χ1n) is 11.5. The summed E-state index contributed by atoms with van der Waals surface area (Å²) in [4.78, 5) is 25.5. The zero-order chi connectivity index (χ0) is 22.3. The Labute approximate surface area is 186 Å². The van der Waals surface area contributed by atoms with E-state index in [1.54, 1.807) is 18.2 Å². The van der Waals surface area contributed by atoms with Gasteiger partial charge in [0.2, 0.25) is 0 Å². The molecule has 4 nitrogen and oxygen atoms in total. The van der Waals surface area contributed by atoms with Crippen molar-refractivity contribution in [2.24, 2.45) is 5.92 Å². The van der Waals surface area contributed by atoms with E-state index in [4.69, 9.17) is 4.74 Å². The van der Waals surface area contributed by atoms with E-state index in [0.29, 0.717) is 16.8 Å². The minimum atomic E-state index is -0.601. The van der Waals surface area contributed by atoms with E-state index in [1.807, 2.05) is 51.1 Å². The topological polar surface area (TPSA) is 55.4 Å². The van der Waals surface area contributed by atoms with Crippen LogP contribution < -0.4 is 5.32 Å². The molecule has 4 heteroatoms. The van der Waals surface area contributed by atoms with Crippen molar-refractivity contribution in [2.45, 2.75) is 77.7 Å². The molecule has 2 aromatic rings. The van der Waals surface area contributed by atoms with Gasteiger partial charge >= 0.3 is 5.97 Å². The largest absolute Gasteiger partial charge is 0.456 e. The quantitative estimate of drug-likeness (QED) is 0.500. The van der Waals surface area contributed by atoms with Crippen molar-refractivity contribution in [3.63, 3.8) is 0 Å². The summed E-state index contributed by atoms with van der Waals surface area (Å²) in [6.07, 6.45) is 10.1. The molecule has 166 valence electrons. The highest BCUT2D eigenvalue weighted by molar-refractivity contribution is 6.08. The van der Waals surface area contributed by atoms with Crippen molar-refractivity contribution in [1.82, 2.24) is 0 Å². The molecule has 0 spiro atoms. The van der Waals surface area contributed by atoms with E-state index >= 15 is 0 Å². The van der Waals surface area contributed by atoms with Crippen molar-refractivity contribution in [1.29, 1.82) is 0 Å². The number of anilines is 1. The van der Waals surface area contributed by atoms with E-state index in [-0.39, 0.29) is 5.91 Å². The molecule has 1 aliphatic rings. The summed E-state index contributed by atoms with van der Waals surface area (Å²) in [7, 11) is 0. The molecule has 1 saturated carbocycles. The lowest BCUT2D eigenvalue weighted by Gasteiger charge is -2.22. The molecule has 0 aliphatic heterocycles. The van der Waals surface area contributed by atoms with Gasteiger partial charge in [0.05, 0.1) is 11.3 Å². The Hall–Kier alpha value is -2.62. The van der Waals surface area contributed by atoms with E-state index in [9.17, 15) is 9.59 Å². The van der Waals surface area contributed by atoms with E-state index in [0.717, 1.165) is 24.3 Å². The van der Waals surface area contributed by atoms with Crippen LogP contribution in [0.2, 0.25) is 0 Å². The summed E-state index contributed by atoms with van der Waals surface area (Å²) in [6, 6.07) is 14.7. The first kappa shape index (κ1) is 23.1. The van der Waals surface area contributed by atoms with Gasteiger partial charge < -0.3 is 10.1 Å². The Morgan fingerprint density at radius 1 is 1.00 bits per heavy atom. The molecule has 1 fully saturated rings. The van der Waals surface area contributed by atoms with Gasteiger partial charge in [-0.3, -0.25) is 4.79 Å². The minimum absolute atomic E-state index is 0.232. The normalized spacial score (nSPS) is 14.8. The molecule has 2 aromatic carbocycles. The highest BCUT2D eigenvalue weighted by Crippen LogP contribution is 2.29. The van der Waals surface area contributed by atoms with E-state index in [2.05, 4.69) is 5.32 Å². The monoisotopic (exact) mass is 421 g/mol. The Morgan fingerprint density at radius 3 is 2.39 bits per heavy atom. The zero-order valence-electron chi connectivity index (χ0n) is 19.1. The van der Waals surface area contributed by atoms with Crippen molar-refractivity contribution >= 4 is 17.6 Å². The molecule has 0 radical (unpaired) electrons. The molecule has 0 saturated heterocycles. The molecule has 0 aromatic heterocycles. The fraction of sp³-hybridized carbons (Fsp3) is 0.481. The van der Waals surface area contributed by atoms with Gasteiger partial charge in [0, 0.05) is 5.56 Å². The minimum Gasteiger partial charge on any atom is -0.456 e. The Balaban J connectivity index is 1.74. The standard InChI is InChI=1S/C27H35NO3/c1-27(2,3)31-26(30)23-18-17-21(14-10-13-20-11-6-4-7-12-20)19-24(23)28-25(29)22-15-8-5-9-16-22/h5,8-9,15-20H,4,6-7,10-14H2,1-3H3,(H,28,29). The lowest BCUT2D eigenvalue weighted by molar-refractivity contribution is 0.00707. The number of benzene rings is 2. The SMILES string of the molecule is CC(C)(C)OC(=O)c1ccc(CCCC2CCCCC2)cc1NC(=O)c1ccccc1. The number of ether oxygens (including phenoxy) is 1. The highest BCUT2D eigenvalue weighted by Gasteiger charge is 2.22. The van der Waals surface area contributed by atoms with Crippen LogP contribution in [0, 0.1) is 5.92 Å². The molecule has 0 atom stereocenters. The number of aryl methyl sites for hydroxylation is 1. The summed E-state index contributed by atoms with van der Waals surface area (Å²) in [6.45, 7) is 5.52. The van der Waals surface area contributed by atoms with Gasteiger partial charge in [-0.2, -0.15) is 0 Å². The number of carbonyl (C=O) groups excluding carboxylic acids is 2. The number of carbonyl (C=O) groups is 2. The number of rotatable bonds is 7. The molecule has 1 amide bonds. The maximum Gasteiger partial charge on any atom is 0.340 e. The number of amides is 1. The predicted molar refractivity (Wildman–Crippen MR) is 126 cm³/mol. The van der Waals surface area contributed by atoms with Gasteiger partial charge in [0.1, 0.15) is 5.60 Å². The number of nitrogens with one attached hydrogen (secondary N) is 1. The second-order valence-electron chi connectivity index (χ2n) is 9.60. The Bertz CT molecular complexity index is 877. The van der Waals surface area contributed by atoms with E-state index < -0.39 is 11.6 Å². The summed E-state index contributed by atoms with van der Waals surface area (Å²) in [5.74, 6) is 0.196. The number of hydrogen-bond acceptors (Lipinski definition) is 3. The third-order valence-electron chi connectivity index (χ3n) is 5.79. The Morgan fingerprint density at radius 2 is 1.71 bits per heavy atom. The molecule has 0 bridgehead atoms. The Kier molecular flexibility index (Phi) is 7.89. The third kappa shape index (κ3) is 7.23. The van der Waals surface area contributed by atoms with Crippen LogP contribution in [-0.2, 0) is 11.2 Å². The molecular formula is C27H35NO3.